The molecule has 1 aromatic rings. The molecule has 4 nitrogen and oxygen atoms in total. The average molecular weight is 250 g/mol. The van der Waals surface area contributed by atoms with E-state index in [4.69, 9.17) is 16.7 Å². The highest BCUT2D eigenvalue weighted by molar-refractivity contribution is 7.16. The number of aliphatic hydroxyl groups excluding tert-OH is 1. The second-order valence-corrected chi connectivity index (χ2v) is 4.61. The number of thiophene rings is 1. The van der Waals surface area contributed by atoms with Crippen LogP contribution in [0, 0.1) is 0 Å². The lowest BCUT2D eigenvalue weighted by molar-refractivity contribution is 0.117. The molecule has 0 saturated heterocycles. The van der Waals surface area contributed by atoms with Crippen molar-refractivity contribution in [1.82, 2.24) is 5.32 Å². The fraction of sp³-hybridized carbons (Fsp3) is 0.444. The maximum Gasteiger partial charge on any atom is 0.407 e. The van der Waals surface area contributed by atoms with Crippen LogP contribution in [-0.2, 0) is 4.74 Å². The molecule has 0 radical (unpaired) electrons. The molecule has 0 aromatic carbocycles. The van der Waals surface area contributed by atoms with E-state index in [2.05, 4.69) is 10.1 Å². The maximum atomic E-state index is 11.1. The molecule has 84 valence electrons. The SMILES string of the molecule is CC(NC(=O)OCCO)c1ccc(Cl)s1. The van der Waals surface area contributed by atoms with Crippen molar-refractivity contribution < 1.29 is 14.6 Å². The van der Waals surface area contributed by atoms with E-state index in [1.165, 1.54) is 11.3 Å². The van der Waals surface area contributed by atoms with Crippen molar-refractivity contribution in [2.75, 3.05) is 13.2 Å². The number of nitrogens with one attached hydrogen (secondary N) is 1. The summed E-state index contributed by atoms with van der Waals surface area (Å²) < 4.78 is 5.34. The summed E-state index contributed by atoms with van der Waals surface area (Å²) in [4.78, 5) is 12.1. The zero-order valence-corrected chi connectivity index (χ0v) is 9.77. The largest absolute Gasteiger partial charge is 0.447 e. The van der Waals surface area contributed by atoms with E-state index in [1.807, 2.05) is 13.0 Å². The summed E-state index contributed by atoms with van der Waals surface area (Å²) in [5.41, 5.74) is 0. The molecule has 0 aliphatic heterocycles. The number of amides is 1. The molecule has 1 aromatic heterocycles. The van der Waals surface area contributed by atoms with Crippen molar-refractivity contribution in [3.8, 4) is 0 Å². The van der Waals surface area contributed by atoms with Crippen molar-refractivity contribution in [2.45, 2.75) is 13.0 Å². The minimum atomic E-state index is -0.541. The normalized spacial score (nSPS) is 12.2. The van der Waals surface area contributed by atoms with Gasteiger partial charge in [0.2, 0.25) is 0 Å². The van der Waals surface area contributed by atoms with Crippen LogP contribution < -0.4 is 5.32 Å². The predicted octanol–water partition coefficient (Wildman–Crippen LogP) is 2.18. The molecular formula is C9H12ClNO3S. The lowest BCUT2D eigenvalue weighted by atomic mass is 10.3. The van der Waals surface area contributed by atoms with Gasteiger partial charge in [-0.1, -0.05) is 11.6 Å². The monoisotopic (exact) mass is 249 g/mol. The Balaban J connectivity index is 2.41. The molecule has 15 heavy (non-hydrogen) atoms. The average Bonchev–Trinajstić information content (AvgIpc) is 2.61. The number of hydrogen-bond donors (Lipinski definition) is 2. The summed E-state index contributed by atoms with van der Waals surface area (Å²) >= 11 is 7.17. The van der Waals surface area contributed by atoms with Crippen LogP contribution in [0.4, 0.5) is 4.79 Å². The van der Waals surface area contributed by atoms with Gasteiger partial charge in [-0.2, -0.15) is 0 Å². The number of carbonyl (C=O) groups is 1. The first-order chi connectivity index (χ1) is 7.13. The Hall–Kier alpha value is -0.780. The molecule has 0 spiro atoms. The second kappa shape index (κ2) is 5.95. The topological polar surface area (TPSA) is 58.6 Å². The quantitative estimate of drug-likeness (QED) is 0.860. The number of alkyl carbamates (subject to hydrolysis) is 1. The molecule has 1 amide bonds. The molecule has 1 rings (SSSR count). The first-order valence-electron chi connectivity index (χ1n) is 4.43. The van der Waals surface area contributed by atoms with Gasteiger partial charge in [0.15, 0.2) is 0 Å². The Bertz CT molecular complexity index is 329. The molecular weight excluding hydrogens is 238 g/mol. The van der Waals surface area contributed by atoms with E-state index in [1.54, 1.807) is 6.07 Å². The second-order valence-electron chi connectivity index (χ2n) is 2.87. The summed E-state index contributed by atoms with van der Waals surface area (Å²) in [5.74, 6) is 0. The van der Waals surface area contributed by atoms with E-state index in [9.17, 15) is 4.79 Å². The third kappa shape index (κ3) is 4.07. The van der Waals surface area contributed by atoms with Gasteiger partial charge in [0, 0.05) is 4.88 Å². The zero-order valence-electron chi connectivity index (χ0n) is 8.20. The summed E-state index contributed by atoms with van der Waals surface area (Å²) in [6.45, 7) is 1.67. The molecule has 0 aliphatic carbocycles. The number of hydrogen-bond acceptors (Lipinski definition) is 4. The van der Waals surface area contributed by atoms with Gasteiger partial charge in [0.25, 0.3) is 0 Å². The molecule has 0 aliphatic rings. The van der Waals surface area contributed by atoms with Gasteiger partial charge < -0.3 is 15.2 Å². The van der Waals surface area contributed by atoms with Crippen molar-refractivity contribution >= 4 is 29.0 Å². The molecule has 1 atom stereocenters. The van der Waals surface area contributed by atoms with Crippen LogP contribution in [0.2, 0.25) is 4.34 Å². The summed E-state index contributed by atoms with van der Waals surface area (Å²) in [5, 5.41) is 11.1. The number of rotatable bonds is 4. The van der Waals surface area contributed by atoms with Gasteiger partial charge in [0.1, 0.15) is 6.61 Å². The van der Waals surface area contributed by atoms with E-state index in [-0.39, 0.29) is 19.3 Å². The Morgan fingerprint density at radius 1 is 1.73 bits per heavy atom. The standard InChI is InChI=1S/C9H12ClNO3S/c1-6(7-2-3-8(10)15-7)11-9(13)14-5-4-12/h2-3,6,12H,4-5H2,1H3,(H,11,13). The third-order valence-corrected chi connectivity index (χ3v) is 3.09. The summed E-state index contributed by atoms with van der Waals surface area (Å²) in [6.07, 6.45) is -0.541. The highest BCUT2D eigenvalue weighted by Crippen LogP contribution is 2.26. The Kier molecular flexibility index (Phi) is 4.87. The first-order valence-corrected chi connectivity index (χ1v) is 5.62. The Labute approximate surface area is 96.8 Å². The molecule has 0 fully saturated rings. The number of carbonyl (C=O) groups excluding carboxylic acids is 1. The minimum Gasteiger partial charge on any atom is -0.447 e. The van der Waals surface area contributed by atoms with Crippen LogP contribution in [0.25, 0.3) is 0 Å². The number of halogens is 1. The van der Waals surface area contributed by atoms with Gasteiger partial charge in [0.05, 0.1) is 17.0 Å². The fourth-order valence-electron chi connectivity index (χ4n) is 0.989. The molecule has 2 N–H and O–H groups in total. The van der Waals surface area contributed by atoms with Gasteiger partial charge in [-0.15, -0.1) is 11.3 Å². The third-order valence-electron chi connectivity index (χ3n) is 1.68. The predicted molar refractivity (Wildman–Crippen MR) is 59.3 cm³/mol. The van der Waals surface area contributed by atoms with Crippen LogP contribution in [0.15, 0.2) is 12.1 Å². The van der Waals surface area contributed by atoms with Crippen molar-refractivity contribution in [3.63, 3.8) is 0 Å². The van der Waals surface area contributed by atoms with Crippen LogP contribution in [0.1, 0.15) is 17.8 Å². The lowest BCUT2D eigenvalue weighted by Gasteiger charge is -2.11. The van der Waals surface area contributed by atoms with E-state index in [0.717, 1.165) is 4.88 Å². The van der Waals surface area contributed by atoms with Crippen molar-refractivity contribution in [1.29, 1.82) is 0 Å². The lowest BCUT2D eigenvalue weighted by Crippen LogP contribution is -2.27. The van der Waals surface area contributed by atoms with E-state index < -0.39 is 6.09 Å². The smallest absolute Gasteiger partial charge is 0.407 e. The van der Waals surface area contributed by atoms with E-state index in [0.29, 0.717) is 4.34 Å². The zero-order chi connectivity index (χ0) is 11.3. The number of aliphatic hydroxyl groups is 1. The highest BCUT2D eigenvalue weighted by atomic mass is 35.5. The number of ether oxygens (including phenoxy) is 1. The summed E-state index contributed by atoms with van der Waals surface area (Å²) in [6, 6.07) is 3.48. The Morgan fingerprint density at radius 2 is 2.47 bits per heavy atom. The molecule has 0 saturated carbocycles. The van der Waals surface area contributed by atoms with Crippen molar-refractivity contribution in [3.05, 3.63) is 21.3 Å². The maximum absolute atomic E-state index is 11.1. The fourth-order valence-corrected chi connectivity index (χ4v) is 2.05. The van der Waals surface area contributed by atoms with Crippen LogP contribution in [0.5, 0.6) is 0 Å². The van der Waals surface area contributed by atoms with Crippen molar-refractivity contribution in [2.24, 2.45) is 0 Å². The highest BCUT2D eigenvalue weighted by Gasteiger charge is 2.11. The summed E-state index contributed by atoms with van der Waals surface area (Å²) in [7, 11) is 0. The Morgan fingerprint density at radius 3 is 3.00 bits per heavy atom. The van der Waals surface area contributed by atoms with Crippen LogP contribution >= 0.6 is 22.9 Å². The molecule has 1 heterocycles. The first kappa shape index (κ1) is 12.3. The van der Waals surface area contributed by atoms with Crippen LogP contribution in [-0.4, -0.2) is 24.4 Å². The minimum absolute atomic E-state index is 0.00372. The van der Waals surface area contributed by atoms with Gasteiger partial charge in [-0.05, 0) is 19.1 Å². The molecule has 0 bridgehead atoms. The molecule has 6 heteroatoms. The van der Waals surface area contributed by atoms with Crippen LogP contribution in [0.3, 0.4) is 0 Å². The van der Waals surface area contributed by atoms with Gasteiger partial charge in [-0.25, -0.2) is 4.79 Å². The molecule has 1 unspecified atom stereocenters. The van der Waals surface area contributed by atoms with E-state index >= 15 is 0 Å². The van der Waals surface area contributed by atoms with Gasteiger partial charge >= 0.3 is 6.09 Å². The van der Waals surface area contributed by atoms with Gasteiger partial charge in [-0.3, -0.25) is 0 Å².